The number of piperidine rings is 1. The second-order valence-corrected chi connectivity index (χ2v) is 7.47. The van der Waals surface area contributed by atoms with E-state index in [0.29, 0.717) is 13.1 Å². The number of fused-ring (bicyclic) bond motifs is 1. The Bertz CT molecular complexity index is 671. The van der Waals surface area contributed by atoms with E-state index in [4.69, 9.17) is 9.47 Å². The molecule has 0 aromatic heterocycles. The van der Waals surface area contributed by atoms with Crippen molar-refractivity contribution < 1.29 is 19.1 Å². The summed E-state index contributed by atoms with van der Waals surface area (Å²) >= 11 is 0. The van der Waals surface area contributed by atoms with E-state index in [9.17, 15) is 9.59 Å². The summed E-state index contributed by atoms with van der Waals surface area (Å²) < 4.78 is 10.8. The summed E-state index contributed by atoms with van der Waals surface area (Å²) in [6, 6.07) is 5.90. The van der Waals surface area contributed by atoms with Crippen molar-refractivity contribution in [2.45, 2.75) is 39.0 Å². The number of carbonyl (C=O) groups is 2. The lowest BCUT2D eigenvalue weighted by atomic mass is 9.84. The highest BCUT2D eigenvalue weighted by Gasteiger charge is 2.29. The number of hydrogen-bond acceptors (Lipinski definition) is 4. The van der Waals surface area contributed by atoms with Crippen molar-refractivity contribution >= 4 is 11.8 Å². The molecular formula is C19H26N2O4. The fourth-order valence-corrected chi connectivity index (χ4v) is 3.35. The number of amides is 2. The maximum atomic E-state index is 12.5. The highest BCUT2D eigenvalue weighted by Crippen LogP contribution is 2.36. The molecule has 1 saturated heterocycles. The largest absolute Gasteiger partial charge is 0.454 e. The predicted octanol–water partition coefficient (Wildman–Crippen LogP) is 2.07. The summed E-state index contributed by atoms with van der Waals surface area (Å²) in [5, 5.41) is 3.07. The van der Waals surface area contributed by atoms with Crippen LogP contribution in [0.5, 0.6) is 11.5 Å². The summed E-state index contributed by atoms with van der Waals surface area (Å²) in [6.45, 7) is 7.80. The first kappa shape index (κ1) is 17.6. The van der Waals surface area contributed by atoms with Crippen LogP contribution in [-0.2, 0) is 15.0 Å². The Kier molecular flexibility index (Phi) is 4.88. The van der Waals surface area contributed by atoms with Crippen LogP contribution in [0.3, 0.4) is 0 Å². The normalized spacial score (nSPS) is 19.6. The average Bonchev–Trinajstić information content (AvgIpc) is 3.07. The summed E-state index contributed by atoms with van der Waals surface area (Å²) in [5.74, 6) is 1.46. The minimum atomic E-state index is -0.231. The molecule has 2 aliphatic heterocycles. The average molecular weight is 346 g/mol. The molecule has 2 aliphatic rings. The molecule has 2 heterocycles. The Hall–Kier alpha value is -2.24. The number of ether oxygens (including phenoxy) is 2. The van der Waals surface area contributed by atoms with Gasteiger partial charge >= 0.3 is 0 Å². The molecular weight excluding hydrogens is 320 g/mol. The number of likely N-dealkylation sites (tertiary alicyclic amines) is 1. The molecule has 0 spiro atoms. The Balaban J connectivity index is 1.60. The molecule has 3 rings (SSSR count). The molecule has 1 fully saturated rings. The molecule has 1 atom stereocenters. The predicted molar refractivity (Wildman–Crippen MR) is 93.6 cm³/mol. The molecule has 1 N–H and O–H groups in total. The van der Waals surface area contributed by atoms with Gasteiger partial charge in [-0.15, -0.1) is 0 Å². The first-order valence-electron chi connectivity index (χ1n) is 8.80. The number of rotatable bonds is 4. The van der Waals surface area contributed by atoms with Gasteiger partial charge in [-0.25, -0.2) is 0 Å². The highest BCUT2D eigenvalue weighted by molar-refractivity contribution is 5.80. The van der Waals surface area contributed by atoms with Gasteiger partial charge < -0.3 is 19.7 Å². The van der Waals surface area contributed by atoms with Gasteiger partial charge in [0.2, 0.25) is 18.6 Å². The van der Waals surface area contributed by atoms with Crippen LogP contribution >= 0.6 is 0 Å². The van der Waals surface area contributed by atoms with Crippen LogP contribution < -0.4 is 14.8 Å². The molecule has 0 unspecified atom stereocenters. The molecule has 136 valence electrons. The second-order valence-electron chi connectivity index (χ2n) is 7.47. The summed E-state index contributed by atoms with van der Waals surface area (Å²) in [5.41, 5.74) is 0.858. The van der Waals surface area contributed by atoms with Crippen LogP contribution in [0.1, 0.15) is 39.2 Å². The van der Waals surface area contributed by atoms with E-state index in [2.05, 4.69) is 19.2 Å². The lowest BCUT2D eigenvalue weighted by Crippen LogP contribution is -2.46. The second kappa shape index (κ2) is 6.94. The van der Waals surface area contributed by atoms with E-state index in [1.54, 1.807) is 11.8 Å². The number of nitrogens with zero attached hydrogens (tertiary/aromatic N) is 1. The third-order valence-electron chi connectivity index (χ3n) is 5.10. The van der Waals surface area contributed by atoms with Gasteiger partial charge in [-0.2, -0.15) is 0 Å². The van der Waals surface area contributed by atoms with Gasteiger partial charge in [0.1, 0.15) is 0 Å². The van der Waals surface area contributed by atoms with Gasteiger partial charge in [0.05, 0.1) is 5.92 Å². The molecule has 6 heteroatoms. The molecule has 25 heavy (non-hydrogen) atoms. The molecule has 0 bridgehead atoms. The molecule has 0 saturated carbocycles. The Morgan fingerprint density at radius 1 is 1.28 bits per heavy atom. The van der Waals surface area contributed by atoms with Crippen LogP contribution in [0.25, 0.3) is 0 Å². The van der Waals surface area contributed by atoms with Crippen molar-refractivity contribution in [2.75, 3.05) is 26.4 Å². The quantitative estimate of drug-likeness (QED) is 0.906. The van der Waals surface area contributed by atoms with Crippen molar-refractivity contribution in [3.05, 3.63) is 23.8 Å². The smallest absolute Gasteiger partial charge is 0.231 e. The van der Waals surface area contributed by atoms with Crippen LogP contribution in [0.2, 0.25) is 0 Å². The fraction of sp³-hybridized carbons (Fsp3) is 0.579. The zero-order valence-electron chi connectivity index (χ0n) is 15.1. The summed E-state index contributed by atoms with van der Waals surface area (Å²) in [6.07, 6.45) is 1.71. The zero-order chi connectivity index (χ0) is 18.0. The lowest BCUT2D eigenvalue weighted by molar-refractivity contribution is -0.134. The molecule has 2 amide bonds. The van der Waals surface area contributed by atoms with Gasteiger partial charge in [0, 0.05) is 32.0 Å². The van der Waals surface area contributed by atoms with E-state index in [-0.39, 0.29) is 29.9 Å². The van der Waals surface area contributed by atoms with E-state index >= 15 is 0 Å². The summed E-state index contributed by atoms with van der Waals surface area (Å²) in [4.78, 5) is 25.8. The van der Waals surface area contributed by atoms with Gasteiger partial charge in [-0.1, -0.05) is 19.9 Å². The maximum absolute atomic E-state index is 12.5. The van der Waals surface area contributed by atoms with E-state index in [1.165, 1.54) is 0 Å². The number of nitrogens with one attached hydrogen (secondary N) is 1. The monoisotopic (exact) mass is 346 g/mol. The molecule has 6 nitrogen and oxygen atoms in total. The first-order valence-corrected chi connectivity index (χ1v) is 8.80. The van der Waals surface area contributed by atoms with Crippen LogP contribution in [0, 0.1) is 5.92 Å². The molecule has 1 aromatic rings. The van der Waals surface area contributed by atoms with Crippen LogP contribution in [0.4, 0.5) is 0 Å². The van der Waals surface area contributed by atoms with Gasteiger partial charge in [0.25, 0.3) is 0 Å². The first-order chi connectivity index (χ1) is 11.9. The van der Waals surface area contributed by atoms with E-state index in [0.717, 1.165) is 36.4 Å². The van der Waals surface area contributed by atoms with Gasteiger partial charge in [-0.3, -0.25) is 9.59 Å². The third-order valence-corrected chi connectivity index (χ3v) is 5.10. The van der Waals surface area contributed by atoms with Crippen LogP contribution in [0.15, 0.2) is 18.2 Å². The number of hydrogen-bond donors (Lipinski definition) is 1. The number of benzene rings is 1. The highest BCUT2D eigenvalue weighted by atomic mass is 16.7. The van der Waals surface area contributed by atoms with Gasteiger partial charge in [0.15, 0.2) is 11.5 Å². The number of carbonyl (C=O) groups excluding carboxylic acids is 2. The van der Waals surface area contributed by atoms with Crippen molar-refractivity contribution in [3.63, 3.8) is 0 Å². The minimum Gasteiger partial charge on any atom is -0.454 e. The molecule has 0 radical (unpaired) electrons. The van der Waals surface area contributed by atoms with Gasteiger partial charge in [-0.05, 0) is 30.5 Å². The molecule has 1 aromatic carbocycles. The minimum absolute atomic E-state index is 0.0276. The SMILES string of the molecule is CC(=O)N1CCC[C@H](C(=O)NCC(C)(C)c2ccc3c(c2)OCO3)C1. The van der Waals surface area contributed by atoms with Crippen molar-refractivity contribution in [3.8, 4) is 11.5 Å². The molecule has 0 aliphatic carbocycles. The third kappa shape index (κ3) is 3.89. The zero-order valence-corrected chi connectivity index (χ0v) is 15.1. The Morgan fingerprint density at radius 2 is 2.04 bits per heavy atom. The summed E-state index contributed by atoms with van der Waals surface area (Å²) in [7, 11) is 0. The van der Waals surface area contributed by atoms with E-state index < -0.39 is 0 Å². The van der Waals surface area contributed by atoms with E-state index in [1.807, 2.05) is 18.2 Å². The fourth-order valence-electron chi connectivity index (χ4n) is 3.35. The maximum Gasteiger partial charge on any atom is 0.231 e. The van der Waals surface area contributed by atoms with Crippen molar-refractivity contribution in [1.29, 1.82) is 0 Å². The Morgan fingerprint density at radius 3 is 2.80 bits per heavy atom. The topological polar surface area (TPSA) is 67.9 Å². The van der Waals surface area contributed by atoms with Crippen molar-refractivity contribution in [1.82, 2.24) is 10.2 Å². The lowest BCUT2D eigenvalue weighted by Gasteiger charge is -2.32. The van der Waals surface area contributed by atoms with Crippen molar-refractivity contribution in [2.24, 2.45) is 5.92 Å². The van der Waals surface area contributed by atoms with Crippen LogP contribution in [-0.4, -0.2) is 43.1 Å². The Labute approximate surface area is 148 Å². The standard InChI is InChI=1S/C19H26N2O4/c1-13(22)21-8-4-5-14(10-21)18(23)20-11-19(2,3)15-6-7-16-17(9-15)25-12-24-16/h6-7,9,14H,4-5,8,10-12H2,1-3H3,(H,20,23)/t14-/m0/s1.